The summed E-state index contributed by atoms with van der Waals surface area (Å²) in [7, 11) is 0. The van der Waals surface area contributed by atoms with E-state index < -0.39 is 5.91 Å². The summed E-state index contributed by atoms with van der Waals surface area (Å²) in [4.78, 5) is 10.5. The Morgan fingerprint density at radius 1 is 1.40 bits per heavy atom. The molecule has 51 valence electrons. The average Bonchev–Trinajstić information content (AvgIpc) is 1.88. The maximum atomic E-state index is 10.5. The molecule has 0 aliphatic carbocycles. The third-order valence-corrected chi connectivity index (χ3v) is 1.21. The first-order chi connectivity index (χ1) is 4.72. The van der Waals surface area contributed by atoms with Gasteiger partial charge in [-0.15, -0.1) is 0 Å². The topological polar surface area (TPSA) is 66.9 Å². The molecular formula is C7H7N2O. The summed E-state index contributed by atoms with van der Waals surface area (Å²) in [6.45, 7) is 0. The van der Waals surface area contributed by atoms with Gasteiger partial charge >= 0.3 is 0 Å². The quantitative estimate of drug-likeness (QED) is 0.575. The maximum Gasteiger partial charge on any atom is 0.271 e. The first-order valence-corrected chi connectivity index (χ1v) is 2.82. The number of amides is 1. The number of hydrogen-bond donors (Lipinski definition) is 1. The van der Waals surface area contributed by atoms with E-state index in [9.17, 15) is 4.79 Å². The van der Waals surface area contributed by atoms with Gasteiger partial charge in [0.05, 0.1) is 5.56 Å². The molecule has 1 aromatic rings. The highest BCUT2D eigenvalue weighted by atomic mass is 16.1. The number of benzene rings is 1. The number of rotatable bonds is 1. The Hall–Kier alpha value is -1.51. The smallest absolute Gasteiger partial charge is 0.271 e. The normalized spacial score (nSPS) is 9.20. The third kappa shape index (κ3) is 1.07. The zero-order valence-corrected chi connectivity index (χ0v) is 5.29. The van der Waals surface area contributed by atoms with Crippen molar-refractivity contribution in [1.29, 1.82) is 0 Å². The Labute approximate surface area is 58.6 Å². The van der Waals surface area contributed by atoms with Crippen LogP contribution in [0.15, 0.2) is 24.3 Å². The van der Waals surface area contributed by atoms with Crippen molar-refractivity contribution in [3.63, 3.8) is 0 Å². The molecule has 0 bridgehead atoms. The number of nitrogens with one attached hydrogen (secondary N) is 1. The highest BCUT2D eigenvalue weighted by Gasteiger charge is 2.02. The summed E-state index contributed by atoms with van der Waals surface area (Å²) >= 11 is 0. The van der Waals surface area contributed by atoms with Gasteiger partial charge in [-0.05, 0) is 12.1 Å². The molecule has 3 heteroatoms. The lowest BCUT2D eigenvalue weighted by Crippen LogP contribution is -2.02. The van der Waals surface area contributed by atoms with Crippen LogP contribution < -0.4 is 11.5 Å². The molecule has 0 aromatic heterocycles. The third-order valence-electron chi connectivity index (χ3n) is 1.21. The summed E-state index contributed by atoms with van der Waals surface area (Å²) < 4.78 is 0. The summed E-state index contributed by atoms with van der Waals surface area (Å²) in [5.41, 5.74) is 12.8. The highest BCUT2D eigenvalue weighted by Crippen LogP contribution is 2.08. The van der Waals surface area contributed by atoms with Gasteiger partial charge in [-0.25, -0.2) is 0 Å². The number of hydrogen-bond acceptors (Lipinski definition) is 2. The minimum Gasteiger partial charge on any atom is -0.398 e. The van der Waals surface area contributed by atoms with Crippen LogP contribution in [0, 0.1) is 0 Å². The molecule has 3 nitrogen and oxygen atoms in total. The number of anilines is 1. The fraction of sp³-hybridized carbons (Fsp3) is 0. The largest absolute Gasteiger partial charge is 0.398 e. The monoisotopic (exact) mass is 135 g/mol. The van der Waals surface area contributed by atoms with E-state index in [1.165, 1.54) is 6.07 Å². The minimum atomic E-state index is -0.738. The van der Waals surface area contributed by atoms with Crippen LogP contribution in [0.25, 0.3) is 0 Å². The molecule has 1 amide bonds. The van der Waals surface area contributed by atoms with Crippen molar-refractivity contribution in [1.82, 2.24) is 5.73 Å². The predicted octanol–water partition coefficient (Wildman–Crippen LogP) is 0.692. The molecule has 0 aliphatic rings. The molecule has 0 saturated carbocycles. The van der Waals surface area contributed by atoms with Crippen LogP contribution >= 0.6 is 0 Å². The van der Waals surface area contributed by atoms with E-state index in [4.69, 9.17) is 11.5 Å². The van der Waals surface area contributed by atoms with Crippen LogP contribution in [-0.2, 0) is 0 Å². The van der Waals surface area contributed by atoms with Crippen LogP contribution in [0.4, 0.5) is 5.69 Å². The van der Waals surface area contributed by atoms with E-state index in [-0.39, 0.29) is 5.56 Å². The Bertz CT molecular complexity index is 258. The summed E-state index contributed by atoms with van der Waals surface area (Å²) in [6, 6.07) is 6.53. The fourth-order valence-corrected chi connectivity index (χ4v) is 0.704. The molecule has 1 rings (SSSR count). The predicted molar refractivity (Wildman–Crippen MR) is 38.3 cm³/mol. The summed E-state index contributed by atoms with van der Waals surface area (Å²) in [6.07, 6.45) is 0. The molecule has 0 saturated heterocycles. The Morgan fingerprint density at radius 2 is 2.00 bits per heavy atom. The number of nitrogens with two attached hydrogens (primary N) is 1. The second-order valence-corrected chi connectivity index (χ2v) is 1.92. The number of para-hydroxylation sites is 1. The fourth-order valence-electron chi connectivity index (χ4n) is 0.704. The van der Waals surface area contributed by atoms with Gasteiger partial charge in [-0.3, -0.25) is 10.5 Å². The standard InChI is InChI=1S/C7H7N2O/c8-6-4-2-1-3-5(6)7(9)10/h1-4,9H,8H2. The first-order valence-electron chi connectivity index (χ1n) is 2.82. The van der Waals surface area contributed by atoms with E-state index in [1.807, 2.05) is 0 Å². The molecule has 0 heterocycles. The zero-order valence-electron chi connectivity index (χ0n) is 5.29. The van der Waals surface area contributed by atoms with Crippen LogP contribution in [0.5, 0.6) is 0 Å². The van der Waals surface area contributed by atoms with Gasteiger partial charge in [0.2, 0.25) is 0 Å². The van der Waals surface area contributed by atoms with E-state index in [0.29, 0.717) is 5.69 Å². The van der Waals surface area contributed by atoms with Gasteiger partial charge < -0.3 is 5.73 Å². The Morgan fingerprint density at radius 3 is 2.40 bits per heavy atom. The van der Waals surface area contributed by atoms with Crippen molar-refractivity contribution < 1.29 is 4.79 Å². The van der Waals surface area contributed by atoms with E-state index in [0.717, 1.165) is 0 Å². The molecule has 0 atom stereocenters. The second-order valence-electron chi connectivity index (χ2n) is 1.92. The van der Waals surface area contributed by atoms with Crippen molar-refractivity contribution in [2.45, 2.75) is 0 Å². The van der Waals surface area contributed by atoms with Crippen molar-refractivity contribution >= 4 is 11.6 Å². The summed E-state index contributed by atoms with van der Waals surface area (Å²) in [5.74, 6) is -0.738. The maximum absolute atomic E-state index is 10.5. The van der Waals surface area contributed by atoms with Gasteiger partial charge in [-0.1, -0.05) is 12.1 Å². The van der Waals surface area contributed by atoms with E-state index >= 15 is 0 Å². The van der Waals surface area contributed by atoms with Crippen molar-refractivity contribution in [3.8, 4) is 0 Å². The van der Waals surface area contributed by atoms with Crippen molar-refractivity contribution in [2.75, 3.05) is 5.73 Å². The molecule has 3 N–H and O–H groups in total. The SMILES string of the molecule is [NH]C(=O)c1ccccc1N. The molecule has 1 radical (unpaired) electrons. The zero-order chi connectivity index (χ0) is 7.56. The lowest BCUT2D eigenvalue weighted by molar-refractivity contribution is 0.0993. The first kappa shape index (κ1) is 6.61. The van der Waals surface area contributed by atoms with Gasteiger partial charge in [0.1, 0.15) is 0 Å². The van der Waals surface area contributed by atoms with Crippen LogP contribution in [0.3, 0.4) is 0 Å². The van der Waals surface area contributed by atoms with Crippen LogP contribution in [0.2, 0.25) is 0 Å². The van der Waals surface area contributed by atoms with Crippen LogP contribution in [0.1, 0.15) is 10.4 Å². The lowest BCUT2D eigenvalue weighted by atomic mass is 10.2. The molecule has 0 spiro atoms. The number of nitrogen functional groups attached to an aromatic ring is 1. The molecule has 10 heavy (non-hydrogen) atoms. The van der Waals surface area contributed by atoms with Gasteiger partial charge in [0, 0.05) is 5.69 Å². The minimum absolute atomic E-state index is 0.266. The lowest BCUT2D eigenvalue weighted by Gasteiger charge is -1.96. The Balaban J connectivity index is 3.15. The summed E-state index contributed by atoms with van der Waals surface area (Å²) in [5, 5.41) is 0. The number of carbonyl (C=O) groups is 1. The van der Waals surface area contributed by atoms with E-state index in [2.05, 4.69) is 0 Å². The van der Waals surface area contributed by atoms with E-state index in [1.54, 1.807) is 18.2 Å². The van der Waals surface area contributed by atoms with Crippen LogP contribution in [-0.4, -0.2) is 5.91 Å². The molecular weight excluding hydrogens is 128 g/mol. The molecule has 0 fully saturated rings. The van der Waals surface area contributed by atoms with Gasteiger partial charge in [0.15, 0.2) is 0 Å². The molecule has 0 unspecified atom stereocenters. The Kier molecular flexibility index (Phi) is 1.58. The molecule has 0 aliphatic heterocycles. The van der Waals surface area contributed by atoms with Crippen molar-refractivity contribution in [2.24, 2.45) is 0 Å². The average molecular weight is 135 g/mol. The van der Waals surface area contributed by atoms with Gasteiger partial charge in [0.25, 0.3) is 5.91 Å². The second kappa shape index (κ2) is 2.39. The van der Waals surface area contributed by atoms with Crippen molar-refractivity contribution in [3.05, 3.63) is 29.8 Å². The highest BCUT2D eigenvalue weighted by molar-refractivity contribution is 5.97. The number of carbonyl (C=O) groups excluding carboxylic acids is 1. The molecule has 1 aromatic carbocycles. The van der Waals surface area contributed by atoms with Gasteiger partial charge in [-0.2, -0.15) is 0 Å².